The van der Waals surface area contributed by atoms with Gasteiger partial charge in [0.15, 0.2) is 0 Å². The Bertz CT molecular complexity index is 200. The molecule has 1 aliphatic rings. The zero-order chi connectivity index (χ0) is 11.8. The maximum absolute atomic E-state index is 10.9. The molecule has 1 fully saturated rings. The van der Waals surface area contributed by atoms with Crippen molar-refractivity contribution in [3.05, 3.63) is 0 Å². The zero-order valence-corrected chi connectivity index (χ0v) is 11.7. The largest absolute Gasteiger partial charge is 0.314 e. The van der Waals surface area contributed by atoms with E-state index in [4.69, 9.17) is 0 Å². The standard InChI is InChI=1S/C13H27NOS/c1-3-5-12-6-8-13(9-7-12)14-10-4-11-16(2)15/h12-14H,3-11H2,1-2H3. The maximum Gasteiger partial charge on any atom is 0.0244 e. The molecule has 0 spiro atoms. The lowest BCUT2D eigenvalue weighted by Crippen LogP contribution is -2.34. The minimum atomic E-state index is -0.620. The minimum absolute atomic E-state index is 0.620. The molecule has 0 saturated heterocycles. The van der Waals surface area contributed by atoms with Crippen LogP contribution in [0.3, 0.4) is 0 Å². The number of hydrogen-bond acceptors (Lipinski definition) is 2. The Balaban J connectivity index is 2.01. The normalized spacial score (nSPS) is 27.9. The molecule has 0 bridgehead atoms. The van der Waals surface area contributed by atoms with Crippen LogP contribution in [0.4, 0.5) is 0 Å². The van der Waals surface area contributed by atoms with Crippen molar-refractivity contribution < 1.29 is 4.21 Å². The Morgan fingerprint density at radius 1 is 1.25 bits per heavy atom. The number of nitrogens with one attached hydrogen (secondary N) is 1. The summed E-state index contributed by atoms with van der Waals surface area (Å²) in [5, 5.41) is 3.61. The van der Waals surface area contributed by atoms with Crippen LogP contribution in [0.5, 0.6) is 0 Å². The van der Waals surface area contributed by atoms with Crippen molar-refractivity contribution in [2.45, 2.75) is 57.9 Å². The summed E-state index contributed by atoms with van der Waals surface area (Å²) in [5.41, 5.74) is 0. The Kier molecular flexibility index (Phi) is 7.30. The molecule has 1 N–H and O–H groups in total. The molecular weight excluding hydrogens is 218 g/mol. The molecule has 1 saturated carbocycles. The van der Waals surface area contributed by atoms with E-state index in [0.29, 0.717) is 0 Å². The van der Waals surface area contributed by atoms with Gasteiger partial charge in [-0.2, -0.15) is 0 Å². The van der Waals surface area contributed by atoms with Gasteiger partial charge in [0.25, 0.3) is 0 Å². The van der Waals surface area contributed by atoms with E-state index in [0.717, 1.165) is 30.7 Å². The van der Waals surface area contributed by atoms with Gasteiger partial charge in [-0.3, -0.25) is 4.21 Å². The first kappa shape index (κ1) is 14.2. The second kappa shape index (κ2) is 8.24. The molecule has 0 amide bonds. The molecule has 0 aliphatic heterocycles. The van der Waals surface area contributed by atoms with Gasteiger partial charge in [0.1, 0.15) is 0 Å². The van der Waals surface area contributed by atoms with E-state index in [9.17, 15) is 4.21 Å². The van der Waals surface area contributed by atoms with Crippen molar-refractivity contribution in [1.29, 1.82) is 0 Å². The number of rotatable bonds is 7. The lowest BCUT2D eigenvalue weighted by atomic mass is 9.83. The van der Waals surface area contributed by atoms with Crippen LogP contribution in [-0.2, 0) is 10.8 Å². The minimum Gasteiger partial charge on any atom is -0.314 e. The van der Waals surface area contributed by atoms with Crippen molar-refractivity contribution in [1.82, 2.24) is 5.32 Å². The molecule has 2 nitrogen and oxygen atoms in total. The fourth-order valence-electron chi connectivity index (χ4n) is 2.65. The first-order valence-electron chi connectivity index (χ1n) is 6.75. The molecule has 1 atom stereocenters. The van der Waals surface area contributed by atoms with Gasteiger partial charge in [0, 0.05) is 28.9 Å². The quantitative estimate of drug-likeness (QED) is 0.699. The molecule has 1 aliphatic carbocycles. The Labute approximate surface area is 103 Å². The molecule has 1 rings (SSSR count). The van der Waals surface area contributed by atoms with Crippen molar-refractivity contribution in [2.24, 2.45) is 5.92 Å². The van der Waals surface area contributed by atoms with Crippen LogP contribution in [0.2, 0.25) is 0 Å². The van der Waals surface area contributed by atoms with E-state index in [1.54, 1.807) is 6.26 Å². The molecule has 0 aromatic rings. The zero-order valence-electron chi connectivity index (χ0n) is 10.8. The van der Waals surface area contributed by atoms with Gasteiger partial charge < -0.3 is 5.32 Å². The van der Waals surface area contributed by atoms with E-state index >= 15 is 0 Å². The van der Waals surface area contributed by atoms with Crippen LogP contribution in [-0.4, -0.2) is 28.8 Å². The van der Waals surface area contributed by atoms with Crippen LogP contribution in [0, 0.1) is 5.92 Å². The van der Waals surface area contributed by atoms with Gasteiger partial charge in [-0.1, -0.05) is 19.8 Å². The average molecular weight is 245 g/mol. The Morgan fingerprint density at radius 3 is 2.50 bits per heavy atom. The highest BCUT2D eigenvalue weighted by atomic mass is 32.2. The Hall–Kier alpha value is 0.110. The van der Waals surface area contributed by atoms with E-state index in [-0.39, 0.29) is 0 Å². The molecular formula is C13H27NOS. The topological polar surface area (TPSA) is 29.1 Å². The lowest BCUT2D eigenvalue weighted by Gasteiger charge is -2.29. The van der Waals surface area contributed by atoms with Crippen molar-refractivity contribution in [2.75, 3.05) is 18.6 Å². The maximum atomic E-state index is 10.9. The molecule has 1 unspecified atom stereocenters. The Morgan fingerprint density at radius 2 is 1.94 bits per heavy atom. The van der Waals surface area contributed by atoms with Crippen LogP contribution in [0.15, 0.2) is 0 Å². The van der Waals surface area contributed by atoms with Gasteiger partial charge in [-0.25, -0.2) is 0 Å². The fraction of sp³-hybridized carbons (Fsp3) is 1.00. The first-order chi connectivity index (χ1) is 7.72. The molecule has 96 valence electrons. The van der Waals surface area contributed by atoms with Gasteiger partial charge in [0.2, 0.25) is 0 Å². The van der Waals surface area contributed by atoms with Crippen molar-refractivity contribution >= 4 is 10.8 Å². The van der Waals surface area contributed by atoms with Crippen LogP contribution in [0.25, 0.3) is 0 Å². The van der Waals surface area contributed by atoms with Crippen molar-refractivity contribution in [3.8, 4) is 0 Å². The summed E-state index contributed by atoms with van der Waals surface area (Å²) in [6, 6.07) is 0.735. The van der Waals surface area contributed by atoms with E-state index in [1.165, 1.54) is 38.5 Å². The first-order valence-corrected chi connectivity index (χ1v) is 8.48. The highest BCUT2D eigenvalue weighted by molar-refractivity contribution is 7.84. The summed E-state index contributed by atoms with van der Waals surface area (Å²) in [6.45, 7) is 3.33. The van der Waals surface area contributed by atoms with Gasteiger partial charge in [-0.05, 0) is 44.6 Å². The molecule has 0 aromatic heterocycles. The average Bonchev–Trinajstić information content (AvgIpc) is 2.27. The van der Waals surface area contributed by atoms with E-state index in [1.807, 2.05) is 0 Å². The van der Waals surface area contributed by atoms with E-state index in [2.05, 4.69) is 12.2 Å². The third-order valence-corrected chi connectivity index (χ3v) is 4.45. The highest BCUT2D eigenvalue weighted by Gasteiger charge is 2.19. The predicted octanol–water partition coefficient (Wildman–Crippen LogP) is 2.70. The highest BCUT2D eigenvalue weighted by Crippen LogP contribution is 2.27. The summed E-state index contributed by atoms with van der Waals surface area (Å²) in [5.74, 6) is 1.84. The second-order valence-corrected chi connectivity index (χ2v) is 6.65. The monoisotopic (exact) mass is 245 g/mol. The van der Waals surface area contributed by atoms with Crippen LogP contribution < -0.4 is 5.32 Å². The third-order valence-electron chi connectivity index (χ3n) is 3.59. The SMILES string of the molecule is CCCC1CCC(NCCCS(C)=O)CC1. The molecule has 0 heterocycles. The summed E-state index contributed by atoms with van der Waals surface area (Å²) in [4.78, 5) is 0. The second-order valence-electron chi connectivity index (χ2n) is 5.09. The summed E-state index contributed by atoms with van der Waals surface area (Å²) in [7, 11) is -0.620. The predicted molar refractivity (Wildman–Crippen MR) is 72.2 cm³/mol. The summed E-state index contributed by atoms with van der Waals surface area (Å²) in [6.07, 6.45) is 11.1. The summed E-state index contributed by atoms with van der Waals surface area (Å²) < 4.78 is 10.9. The third kappa shape index (κ3) is 6.00. The fourth-order valence-corrected chi connectivity index (χ4v) is 3.20. The summed E-state index contributed by atoms with van der Waals surface area (Å²) >= 11 is 0. The van der Waals surface area contributed by atoms with Crippen molar-refractivity contribution in [3.63, 3.8) is 0 Å². The van der Waals surface area contributed by atoms with Gasteiger partial charge in [0.05, 0.1) is 0 Å². The van der Waals surface area contributed by atoms with E-state index < -0.39 is 10.8 Å². The smallest absolute Gasteiger partial charge is 0.0244 e. The number of hydrogen-bond donors (Lipinski definition) is 1. The van der Waals surface area contributed by atoms with Gasteiger partial charge in [-0.15, -0.1) is 0 Å². The molecule has 16 heavy (non-hydrogen) atoms. The lowest BCUT2D eigenvalue weighted by molar-refractivity contribution is 0.279. The van der Waals surface area contributed by atoms with Crippen LogP contribution in [0.1, 0.15) is 51.9 Å². The molecule has 0 aromatic carbocycles. The van der Waals surface area contributed by atoms with Gasteiger partial charge >= 0.3 is 0 Å². The van der Waals surface area contributed by atoms with Crippen LogP contribution >= 0.6 is 0 Å². The molecule has 3 heteroatoms. The molecule has 0 radical (unpaired) electrons.